The Bertz CT molecular complexity index is 1450. The van der Waals surface area contributed by atoms with Gasteiger partial charge in [-0.3, -0.25) is 4.79 Å². The second-order valence-electron chi connectivity index (χ2n) is 13.4. The summed E-state index contributed by atoms with van der Waals surface area (Å²) in [6.45, 7) is 11.1. The normalized spacial score (nSPS) is 23.0. The Morgan fingerprint density at radius 2 is 1.84 bits per heavy atom. The number of piperidine rings is 1. The van der Waals surface area contributed by atoms with Crippen molar-refractivity contribution in [2.24, 2.45) is 17.8 Å². The number of anilines is 1. The molecule has 2 aromatic carbocycles. The maximum absolute atomic E-state index is 15.0. The van der Waals surface area contributed by atoms with Crippen LogP contribution in [0.1, 0.15) is 62.4 Å². The number of aryl methyl sites for hydroxylation is 2. The van der Waals surface area contributed by atoms with Gasteiger partial charge in [0.2, 0.25) is 0 Å². The summed E-state index contributed by atoms with van der Waals surface area (Å²) in [6, 6.07) is 12.7. The molecular formula is C36H46F2N4O2. The van der Waals surface area contributed by atoms with Crippen molar-refractivity contribution in [2.75, 3.05) is 37.6 Å². The average Bonchev–Trinajstić information content (AvgIpc) is 3.62. The van der Waals surface area contributed by atoms with Crippen molar-refractivity contribution in [1.82, 2.24) is 14.5 Å². The molecule has 0 unspecified atom stereocenters. The van der Waals surface area contributed by atoms with Crippen molar-refractivity contribution in [1.29, 1.82) is 0 Å². The lowest BCUT2D eigenvalue weighted by Crippen LogP contribution is -2.55. The molecule has 3 aromatic rings. The van der Waals surface area contributed by atoms with Crippen LogP contribution < -0.4 is 4.90 Å². The number of hydrogen-bond acceptors (Lipinski definition) is 5. The number of carbonyl (C=O) groups excluding carboxylic acids is 1. The third-order valence-corrected chi connectivity index (χ3v) is 10.6. The summed E-state index contributed by atoms with van der Waals surface area (Å²) in [4.78, 5) is 21.8. The highest BCUT2D eigenvalue weighted by Gasteiger charge is 2.53. The molecular weight excluding hydrogens is 558 g/mol. The second kappa shape index (κ2) is 13.0. The SMILES string of the molecule is CCC(=O)O[C@H]1CCC[C@@H]1[C@](Cn1ccnc1C)(c1cccc(F)c1)C1CCN(CC2CN(c3ccc(C)cc3F)C2)CC1. The van der Waals surface area contributed by atoms with Gasteiger partial charge in [-0.25, -0.2) is 13.8 Å². The number of aromatic nitrogens is 2. The summed E-state index contributed by atoms with van der Waals surface area (Å²) < 4.78 is 37.8. The number of ether oxygens (including phenoxy) is 1. The predicted molar refractivity (Wildman–Crippen MR) is 169 cm³/mol. The number of nitrogens with zero attached hydrogens (tertiary/aromatic N) is 4. The van der Waals surface area contributed by atoms with Crippen LogP contribution in [0.15, 0.2) is 54.9 Å². The van der Waals surface area contributed by atoms with Gasteiger partial charge in [-0.05, 0) is 100 Å². The van der Waals surface area contributed by atoms with E-state index in [4.69, 9.17) is 4.74 Å². The van der Waals surface area contributed by atoms with Gasteiger partial charge in [-0.2, -0.15) is 0 Å². The van der Waals surface area contributed by atoms with Crippen LogP contribution in [0.2, 0.25) is 0 Å². The summed E-state index contributed by atoms with van der Waals surface area (Å²) >= 11 is 0. The number of hydrogen-bond donors (Lipinski definition) is 0. The topological polar surface area (TPSA) is 50.6 Å². The molecule has 0 bridgehead atoms. The summed E-state index contributed by atoms with van der Waals surface area (Å²) in [5.41, 5.74) is 2.24. The van der Waals surface area contributed by atoms with Crippen LogP contribution in [0.5, 0.6) is 0 Å². The van der Waals surface area contributed by atoms with Crippen LogP contribution in [-0.2, 0) is 21.5 Å². The first-order valence-electron chi connectivity index (χ1n) is 16.4. The molecule has 3 fully saturated rings. The maximum Gasteiger partial charge on any atom is 0.305 e. The Kier molecular flexibility index (Phi) is 9.08. The van der Waals surface area contributed by atoms with Crippen molar-refractivity contribution in [3.05, 3.63) is 83.4 Å². The lowest BCUT2D eigenvalue weighted by Gasteiger charge is -2.51. The largest absolute Gasteiger partial charge is 0.462 e. The number of rotatable bonds is 10. The molecule has 3 atom stereocenters. The van der Waals surface area contributed by atoms with E-state index in [1.54, 1.807) is 12.1 Å². The molecule has 6 rings (SSSR count). The molecule has 1 saturated carbocycles. The molecule has 1 aromatic heterocycles. The van der Waals surface area contributed by atoms with Gasteiger partial charge in [0.15, 0.2) is 0 Å². The number of esters is 1. The smallest absolute Gasteiger partial charge is 0.305 e. The number of halogens is 2. The number of carbonyl (C=O) groups is 1. The standard InChI is InChI=1S/C36H46F2N4O2/c1-4-35(43)44-34-10-6-9-31(34)36(24-41-18-15-39-26(41)3,29-7-5-8-30(37)20-29)28-13-16-40(17-14-28)21-27-22-42(23-27)33-12-11-25(2)19-32(33)38/h5,7-8,11-12,15,18-20,27-28,31,34H,4,6,9-10,13-14,16-17,21-24H2,1-3H3/t31-,34-,36-/m0/s1. The molecule has 3 heterocycles. The minimum Gasteiger partial charge on any atom is -0.462 e. The fourth-order valence-electron chi connectivity index (χ4n) is 8.38. The third-order valence-electron chi connectivity index (χ3n) is 10.6. The first-order valence-corrected chi connectivity index (χ1v) is 16.4. The fourth-order valence-corrected chi connectivity index (χ4v) is 8.38. The molecule has 44 heavy (non-hydrogen) atoms. The van der Waals surface area contributed by atoms with E-state index in [0.717, 1.165) is 81.8 Å². The number of benzene rings is 2. The highest BCUT2D eigenvalue weighted by Crippen LogP contribution is 2.52. The minimum atomic E-state index is -0.412. The second-order valence-corrected chi connectivity index (χ2v) is 13.4. The Morgan fingerprint density at radius 1 is 1.05 bits per heavy atom. The third kappa shape index (κ3) is 6.15. The molecule has 0 N–H and O–H groups in total. The minimum absolute atomic E-state index is 0.0859. The van der Waals surface area contributed by atoms with Crippen molar-refractivity contribution in [3.63, 3.8) is 0 Å². The van der Waals surface area contributed by atoms with Gasteiger partial charge in [0.05, 0.1) is 5.69 Å². The zero-order chi connectivity index (χ0) is 30.8. The van der Waals surface area contributed by atoms with E-state index in [0.29, 0.717) is 24.6 Å². The highest BCUT2D eigenvalue weighted by molar-refractivity contribution is 5.69. The first-order chi connectivity index (χ1) is 21.3. The number of imidazole rings is 1. The van der Waals surface area contributed by atoms with Crippen LogP contribution in [-0.4, -0.2) is 59.2 Å². The summed E-state index contributed by atoms with van der Waals surface area (Å²) in [6.07, 6.45) is 8.78. The van der Waals surface area contributed by atoms with Gasteiger partial charge < -0.3 is 19.1 Å². The van der Waals surface area contributed by atoms with E-state index in [2.05, 4.69) is 25.4 Å². The fraction of sp³-hybridized carbons (Fsp3) is 0.556. The molecule has 2 aliphatic heterocycles. The van der Waals surface area contributed by atoms with Gasteiger partial charge in [0.1, 0.15) is 23.6 Å². The highest BCUT2D eigenvalue weighted by atomic mass is 19.1. The van der Waals surface area contributed by atoms with Gasteiger partial charge in [0, 0.05) is 62.2 Å². The lowest BCUT2D eigenvalue weighted by atomic mass is 9.58. The molecule has 2 saturated heterocycles. The Balaban J connectivity index is 1.23. The molecule has 8 heteroatoms. The quantitative estimate of drug-likeness (QED) is 0.242. The van der Waals surface area contributed by atoms with Gasteiger partial charge >= 0.3 is 5.97 Å². The van der Waals surface area contributed by atoms with Crippen molar-refractivity contribution in [3.8, 4) is 0 Å². The van der Waals surface area contributed by atoms with Crippen LogP contribution in [0.3, 0.4) is 0 Å². The van der Waals surface area contributed by atoms with Crippen molar-refractivity contribution >= 4 is 11.7 Å². The van der Waals surface area contributed by atoms with Crippen molar-refractivity contribution in [2.45, 2.75) is 77.4 Å². The monoisotopic (exact) mass is 604 g/mol. The molecule has 236 valence electrons. The van der Waals surface area contributed by atoms with Crippen LogP contribution in [0.25, 0.3) is 0 Å². The Morgan fingerprint density at radius 3 is 2.52 bits per heavy atom. The van der Waals surface area contributed by atoms with Gasteiger partial charge in [0.25, 0.3) is 0 Å². The molecule has 6 nitrogen and oxygen atoms in total. The molecule has 0 amide bonds. The van der Waals surface area contributed by atoms with Crippen LogP contribution >= 0.6 is 0 Å². The van der Waals surface area contributed by atoms with Crippen LogP contribution in [0, 0.1) is 43.2 Å². The van der Waals surface area contributed by atoms with E-state index in [1.165, 1.54) is 6.07 Å². The maximum atomic E-state index is 15.0. The Hall–Kier alpha value is -3.26. The molecule has 0 radical (unpaired) electrons. The average molecular weight is 605 g/mol. The van der Waals surface area contributed by atoms with E-state index < -0.39 is 5.41 Å². The van der Waals surface area contributed by atoms with E-state index in [-0.39, 0.29) is 35.5 Å². The van der Waals surface area contributed by atoms with E-state index in [9.17, 15) is 13.6 Å². The first kappa shape index (κ1) is 30.8. The lowest BCUT2D eigenvalue weighted by molar-refractivity contribution is -0.152. The molecule has 1 aliphatic carbocycles. The Labute approximate surface area is 260 Å². The van der Waals surface area contributed by atoms with E-state index >= 15 is 0 Å². The van der Waals surface area contributed by atoms with Gasteiger partial charge in [-0.1, -0.05) is 25.1 Å². The van der Waals surface area contributed by atoms with Crippen molar-refractivity contribution < 1.29 is 18.3 Å². The predicted octanol–water partition coefficient (Wildman–Crippen LogP) is 6.69. The zero-order valence-electron chi connectivity index (χ0n) is 26.4. The summed E-state index contributed by atoms with van der Waals surface area (Å²) in [5.74, 6) is 1.29. The molecule has 3 aliphatic rings. The zero-order valence-corrected chi connectivity index (χ0v) is 26.4. The number of likely N-dealkylation sites (tertiary alicyclic amines) is 1. The van der Waals surface area contributed by atoms with E-state index in [1.807, 2.05) is 51.4 Å². The summed E-state index contributed by atoms with van der Waals surface area (Å²) in [5, 5.41) is 0. The summed E-state index contributed by atoms with van der Waals surface area (Å²) in [7, 11) is 0. The van der Waals surface area contributed by atoms with Gasteiger partial charge in [-0.15, -0.1) is 0 Å². The molecule has 0 spiro atoms. The van der Waals surface area contributed by atoms with Crippen LogP contribution in [0.4, 0.5) is 14.5 Å².